The van der Waals surface area contributed by atoms with Gasteiger partial charge in [-0.25, -0.2) is 18.4 Å². The molecular formula is C15H18BrF2NO4. The van der Waals surface area contributed by atoms with Gasteiger partial charge in [0, 0.05) is 6.42 Å². The van der Waals surface area contributed by atoms with E-state index in [0.717, 1.165) is 19.2 Å². The normalized spacial score (nSPS) is 12.5. The lowest BCUT2D eigenvalue weighted by atomic mass is 10.1. The van der Waals surface area contributed by atoms with Crippen molar-refractivity contribution in [3.63, 3.8) is 0 Å². The molecule has 1 rings (SSSR count). The lowest BCUT2D eigenvalue weighted by Crippen LogP contribution is -2.45. The summed E-state index contributed by atoms with van der Waals surface area (Å²) < 4.78 is 37.0. The van der Waals surface area contributed by atoms with Gasteiger partial charge in [0.25, 0.3) is 0 Å². The molecule has 0 aliphatic heterocycles. The Morgan fingerprint density at radius 2 is 1.87 bits per heavy atom. The van der Waals surface area contributed by atoms with Gasteiger partial charge >= 0.3 is 12.1 Å². The second-order valence-electron chi connectivity index (χ2n) is 5.78. The Kier molecular flexibility index (Phi) is 6.49. The van der Waals surface area contributed by atoms with E-state index in [-0.39, 0.29) is 16.5 Å². The molecule has 0 heterocycles. The number of esters is 1. The van der Waals surface area contributed by atoms with Crippen molar-refractivity contribution in [1.82, 2.24) is 5.32 Å². The van der Waals surface area contributed by atoms with Crippen LogP contribution in [-0.2, 0) is 20.7 Å². The first kappa shape index (κ1) is 19.3. The van der Waals surface area contributed by atoms with Crippen LogP contribution in [0.1, 0.15) is 26.3 Å². The Morgan fingerprint density at radius 3 is 2.39 bits per heavy atom. The van der Waals surface area contributed by atoms with Crippen LogP contribution >= 0.6 is 15.9 Å². The van der Waals surface area contributed by atoms with Gasteiger partial charge in [-0.3, -0.25) is 0 Å². The summed E-state index contributed by atoms with van der Waals surface area (Å²) in [6.45, 7) is 4.97. The molecule has 1 N–H and O–H groups in total. The second kappa shape index (κ2) is 7.72. The molecule has 5 nitrogen and oxygen atoms in total. The maximum Gasteiger partial charge on any atom is 0.408 e. The molecule has 0 aliphatic carbocycles. The van der Waals surface area contributed by atoms with Gasteiger partial charge in [-0.1, -0.05) is 0 Å². The standard InChI is InChI=1S/C15H18BrF2NO4/c1-15(2,3)23-14(21)19-12(13(20)22-4)6-8-5-11(18)9(16)7-10(8)17/h5,7,12H,6H2,1-4H3,(H,19,21). The Labute approximate surface area is 141 Å². The third-order valence-corrected chi connectivity index (χ3v) is 3.30. The zero-order valence-corrected chi connectivity index (χ0v) is 14.8. The molecule has 0 aliphatic rings. The van der Waals surface area contributed by atoms with Crippen LogP contribution in [0.15, 0.2) is 16.6 Å². The molecule has 1 unspecified atom stereocenters. The minimum absolute atomic E-state index is 0.0338. The molecule has 0 aromatic heterocycles. The first-order chi connectivity index (χ1) is 10.5. The van der Waals surface area contributed by atoms with E-state index in [1.165, 1.54) is 0 Å². The third kappa shape index (κ3) is 6.13. The van der Waals surface area contributed by atoms with Crippen molar-refractivity contribution in [2.24, 2.45) is 0 Å². The van der Waals surface area contributed by atoms with Crippen molar-refractivity contribution in [3.8, 4) is 0 Å². The third-order valence-electron chi connectivity index (χ3n) is 2.69. The van der Waals surface area contributed by atoms with Gasteiger partial charge in [0.1, 0.15) is 23.3 Å². The summed E-state index contributed by atoms with van der Waals surface area (Å²) in [5, 5.41) is 2.30. The number of hydrogen-bond acceptors (Lipinski definition) is 4. The monoisotopic (exact) mass is 393 g/mol. The molecule has 0 saturated heterocycles. The van der Waals surface area contributed by atoms with Crippen LogP contribution in [0.2, 0.25) is 0 Å². The molecule has 1 atom stereocenters. The Morgan fingerprint density at radius 1 is 1.26 bits per heavy atom. The summed E-state index contributed by atoms with van der Waals surface area (Å²) in [7, 11) is 1.13. The summed E-state index contributed by atoms with van der Waals surface area (Å²) in [5.41, 5.74) is -0.836. The van der Waals surface area contributed by atoms with Crippen molar-refractivity contribution < 1.29 is 27.8 Å². The van der Waals surface area contributed by atoms with Crippen LogP contribution in [0.4, 0.5) is 13.6 Å². The maximum absolute atomic E-state index is 13.9. The lowest BCUT2D eigenvalue weighted by Gasteiger charge is -2.22. The second-order valence-corrected chi connectivity index (χ2v) is 6.64. The minimum atomic E-state index is -1.20. The fourth-order valence-electron chi connectivity index (χ4n) is 1.73. The number of ether oxygens (including phenoxy) is 2. The zero-order valence-electron chi connectivity index (χ0n) is 13.2. The Balaban J connectivity index is 2.94. The van der Waals surface area contributed by atoms with Crippen LogP contribution in [0.25, 0.3) is 0 Å². The number of carbonyl (C=O) groups excluding carboxylic acids is 2. The van der Waals surface area contributed by atoms with Crippen molar-refractivity contribution >= 4 is 28.0 Å². The quantitative estimate of drug-likeness (QED) is 0.629. The zero-order chi connectivity index (χ0) is 17.8. The highest BCUT2D eigenvalue weighted by Crippen LogP contribution is 2.21. The van der Waals surface area contributed by atoms with Crippen molar-refractivity contribution in [3.05, 3.63) is 33.8 Å². The fourth-order valence-corrected chi connectivity index (χ4v) is 2.04. The summed E-state index contributed by atoms with van der Waals surface area (Å²) in [6, 6.07) is 0.698. The number of hydrogen-bond donors (Lipinski definition) is 1. The molecule has 1 aromatic carbocycles. The van der Waals surface area contributed by atoms with Gasteiger partial charge in [0.05, 0.1) is 11.6 Å². The first-order valence-electron chi connectivity index (χ1n) is 6.74. The number of halogens is 3. The number of benzene rings is 1. The van der Waals surface area contributed by atoms with E-state index >= 15 is 0 Å². The van der Waals surface area contributed by atoms with Crippen LogP contribution < -0.4 is 5.32 Å². The molecule has 0 fully saturated rings. The first-order valence-corrected chi connectivity index (χ1v) is 7.53. The molecule has 0 saturated carbocycles. The molecule has 1 amide bonds. The van der Waals surface area contributed by atoms with Crippen LogP contribution in [-0.4, -0.2) is 30.8 Å². The highest BCUT2D eigenvalue weighted by molar-refractivity contribution is 9.10. The summed E-state index contributed by atoms with van der Waals surface area (Å²) >= 11 is 2.87. The predicted molar refractivity (Wildman–Crippen MR) is 82.9 cm³/mol. The Bertz CT molecular complexity index is 602. The van der Waals surface area contributed by atoms with E-state index in [2.05, 4.69) is 26.0 Å². The van der Waals surface area contributed by atoms with E-state index in [9.17, 15) is 18.4 Å². The molecule has 0 bridgehead atoms. The van der Waals surface area contributed by atoms with Crippen LogP contribution in [0, 0.1) is 11.6 Å². The van der Waals surface area contributed by atoms with E-state index in [1.807, 2.05) is 0 Å². The molecular weight excluding hydrogens is 376 g/mol. The number of methoxy groups -OCH3 is 1. The minimum Gasteiger partial charge on any atom is -0.467 e. The average molecular weight is 394 g/mol. The lowest BCUT2D eigenvalue weighted by molar-refractivity contribution is -0.143. The van der Waals surface area contributed by atoms with Crippen molar-refractivity contribution in [2.45, 2.75) is 38.8 Å². The van der Waals surface area contributed by atoms with Crippen molar-refractivity contribution in [2.75, 3.05) is 7.11 Å². The highest BCUT2D eigenvalue weighted by Gasteiger charge is 2.26. The Hall–Kier alpha value is -1.70. The van der Waals surface area contributed by atoms with Crippen LogP contribution in [0.5, 0.6) is 0 Å². The number of carbonyl (C=O) groups is 2. The van der Waals surface area contributed by atoms with Gasteiger partial charge in [-0.2, -0.15) is 0 Å². The average Bonchev–Trinajstić information content (AvgIpc) is 2.40. The van der Waals surface area contributed by atoms with Gasteiger partial charge < -0.3 is 14.8 Å². The van der Waals surface area contributed by atoms with Gasteiger partial charge in [-0.15, -0.1) is 0 Å². The molecule has 8 heteroatoms. The molecule has 1 aromatic rings. The number of amides is 1. The van der Waals surface area contributed by atoms with E-state index < -0.39 is 35.3 Å². The maximum atomic E-state index is 13.9. The van der Waals surface area contributed by atoms with Gasteiger partial charge in [0.2, 0.25) is 0 Å². The van der Waals surface area contributed by atoms with Crippen molar-refractivity contribution in [1.29, 1.82) is 0 Å². The van der Waals surface area contributed by atoms with Gasteiger partial charge in [-0.05, 0) is 54.4 Å². The SMILES string of the molecule is COC(=O)C(Cc1cc(F)c(Br)cc1F)NC(=O)OC(C)(C)C. The molecule has 0 spiro atoms. The molecule has 0 radical (unpaired) electrons. The number of alkyl carbamates (subject to hydrolysis) is 1. The van der Waals surface area contributed by atoms with E-state index in [1.54, 1.807) is 20.8 Å². The number of nitrogens with one attached hydrogen (secondary N) is 1. The smallest absolute Gasteiger partial charge is 0.408 e. The fraction of sp³-hybridized carbons (Fsp3) is 0.467. The van der Waals surface area contributed by atoms with Crippen LogP contribution in [0.3, 0.4) is 0 Å². The molecule has 23 heavy (non-hydrogen) atoms. The topological polar surface area (TPSA) is 64.6 Å². The van der Waals surface area contributed by atoms with Gasteiger partial charge in [0.15, 0.2) is 0 Å². The van der Waals surface area contributed by atoms with E-state index in [4.69, 9.17) is 4.74 Å². The van der Waals surface area contributed by atoms with E-state index in [0.29, 0.717) is 0 Å². The summed E-state index contributed by atoms with van der Waals surface area (Å²) in [6.07, 6.45) is -1.13. The summed E-state index contributed by atoms with van der Waals surface area (Å²) in [4.78, 5) is 23.5. The predicted octanol–water partition coefficient (Wildman–Crippen LogP) is 3.34. The molecule has 128 valence electrons. The highest BCUT2D eigenvalue weighted by atomic mass is 79.9. The largest absolute Gasteiger partial charge is 0.467 e. The summed E-state index contributed by atoms with van der Waals surface area (Å²) in [5.74, 6) is -2.18. The number of rotatable bonds is 4.